The van der Waals surface area contributed by atoms with Gasteiger partial charge in [0.15, 0.2) is 0 Å². The van der Waals surface area contributed by atoms with Gasteiger partial charge in [0, 0.05) is 25.0 Å². The summed E-state index contributed by atoms with van der Waals surface area (Å²) in [5, 5.41) is 2.65. The molecule has 1 aromatic carbocycles. The summed E-state index contributed by atoms with van der Waals surface area (Å²) in [6, 6.07) is 9.38. The number of benzene rings is 1. The van der Waals surface area contributed by atoms with E-state index >= 15 is 0 Å². The molecule has 162 valence electrons. The van der Waals surface area contributed by atoms with Crippen molar-refractivity contribution in [2.24, 2.45) is 11.8 Å². The van der Waals surface area contributed by atoms with Crippen LogP contribution in [0, 0.1) is 11.8 Å². The van der Waals surface area contributed by atoms with Crippen LogP contribution in [-0.4, -0.2) is 43.9 Å². The number of urea groups is 1. The summed E-state index contributed by atoms with van der Waals surface area (Å²) in [5.74, 6) is 1.66. The van der Waals surface area contributed by atoms with Crippen molar-refractivity contribution in [3.8, 4) is 5.75 Å². The van der Waals surface area contributed by atoms with E-state index in [0.717, 1.165) is 6.42 Å². The summed E-state index contributed by atoms with van der Waals surface area (Å²) in [5.41, 5.74) is 5.70. The molecule has 0 bridgehead atoms. The van der Waals surface area contributed by atoms with Gasteiger partial charge in [-0.05, 0) is 54.7 Å². The maximum atomic E-state index is 12.9. The van der Waals surface area contributed by atoms with E-state index < -0.39 is 16.1 Å². The number of aromatic nitrogens is 1. The Labute approximate surface area is 176 Å². The van der Waals surface area contributed by atoms with Crippen molar-refractivity contribution >= 4 is 27.6 Å². The summed E-state index contributed by atoms with van der Waals surface area (Å²) in [6.07, 6.45) is 2.32. The van der Waals surface area contributed by atoms with E-state index in [4.69, 9.17) is 4.74 Å². The Bertz CT molecular complexity index is 954. The Hall–Kier alpha value is -2.85. The molecule has 9 nitrogen and oxygen atoms in total. The fourth-order valence-corrected chi connectivity index (χ4v) is 5.14. The lowest BCUT2D eigenvalue weighted by Crippen LogP contribution is -2.42. The number of ether oxygens (including phenoxy) is 1. The van der Waals surface area contributed by atoms with E-state index in [9.17, 15) is 13.2 Å². The maximum absolute atomic E-state index is 12.9. The van der Waals surface area contributed by atoms with Crippen LogP contribution >= 0.6 is 0 Å². The average Bonchev–Trinajstić information content (AvgIpc) is 2.72. The summed E-state index contributed by atoms with van der Waals surface area (Å²) < 4.78 is 32.4. The molecule has 3 N–H and O–H groups in total. The van der Waals surface area contributed by atoms with Crippen LogP contribution in [0.25, 0.3) is 0 Å². The van der Waals surface area contributed by atoms with Crippen molar-refractivity contribution in [1.82, 2.24) is 14.7 Å². The van der Waals surface area contributed by atoms with Gasteiger partial charge in [-0.25, -0.2) is 18.2 Å². The Morgan fingerprint density at radius 1 is 1.10 bits per heavy atom. The van der Waals surface area contributed by atoms with Gasteiger partial charge in [-0.15, -0.1) is 0 Å². The van der Waals surface area contributed by atoms with Crippen molar-refractivity contribution in [2.45, 2.75) is 25.2 Å². The second kappa shape index (κ2) is 9.31. The molecule has 2 heterocycles. The first-order valence-corrected chi connectivity index (χ1v) is 11.1. The van der Waals surface area contributed by atoms with Crippen molar-refractivity contribution < 1.29 is 17.9 Å². The summed E-state index contributed by atoms with van der Waals surface area (Å²) >= 11 is 0. The Morgan fingerprint density at radius 2 is 1.77 bits per heavy atom. The number of carbonyl (C=O) groups is 1. The molecule has 1 fully saturated rings. The maximum Gasteiger partial charge on any atom is 0.337 e. The SMILES string of the molecule is COc1ccc(NC(=O)NNc2ccc(S(=O)(=O)N3CC(C)CC(C)C3)cn2)cc1. The molecule has 1 saturated heterocycles. The number of nitrogens with zero attached hydrogens (tertiary/aromatic N) is 2. The van der Waals surface area contributed by atoms with Crippen molar-refractivity contribution in [3.05, 3.63) is 42.6 Å². The molecule has 2 amide bonds. The first-order chi connectivity index (χ1) is 14.3. The minimum Gasteiger partial charge on any atom is -0.497 e. The van der Waals surface area contributed by atoms with Gasteiger partial charge in [0.05, 0.1) is 7.11 Å². The largest absolute Gasteiger partial charge is 0.497 e. The molecule has 1 aromatic heterocycles. The van der Waals surface area contributed by atoms with Crippen LogP contribution in [0.2, 0.25) is 0 Å². The second-order valence-corrected chi connectivity index (χ2v) is 9.52. The predicted molar refractivity (Wildman–Crippen MR) is 115 cm³/mol. The van der Waals surface area contributed by atoms with Crippen LogP contribution in [0.15, 0.2) is 47.5 Å². The third kappa shape index (κ3) is 5.39. The van der Waals surface area contributed by atoms with Gasteiger partial charge >= 0.3 is 6.03 Å². The van der Waals surface area contributed by atoms with E-state index in [0.29, 0.717) is 42.2 Å². The van der Waals surface area contributed by atoms with E-state index in [1.54, 1.807) is 31.4 Å². The first-order valence-electron chi connectivity index (χ1n) is 9.71. The van der Waals surface area contributed by atoms with Crippen molar-refractivity contribution in [3.63, 3.8) is 0 Å². The highest BCUT2D eigenvalue weighted by atomic mass is 32.2. The van der Waals surface area contributed by atoms with Gasteiger partial charge in [0.25, 0.3) is 0 Å². The fourth-order valence-electron chi connectivity index (χ4n) is 3.52. The molecule has 1 aliphatic heterocycles. The second-order valence-electron chi connectivity index (χ2n) is 7.58. The third-order valence-corrected chi connectivity index (χ3v) is 6.68. The van der Waals surface area contributed by atoms with Gasteiger partial charge in [-0.2, -0.15) is 4.31 Å². The van der Waals surface area contributed by atoms with E-state index in [-0.39, 0.29) is 4.90 Å². The number of nitrogens with one attached hydrogen (secondary N) is 3. The molecule has 30 heavy (non-hydrogen) atoms. The quantitative estimate of drug-likeness (QED) is 0.604. The van der Waals surface area contributed by atoms with Gasteiger partial charge in [-0.3, -0.25) is 10.9 Å². The number of hydrazine groups is 1. The molecule has 10 heteroatoms. The lowest BCUT2D eigenvalue weighted by atomic mass is 9.94. The Morgan fingerprint density at radius 3 is 2.33 bits per heavy atom. The molecule has 0 radical (unpaired) electrons. The van der Waals surface area contributed by atoms with Crippen LogP contribution in [0.5, 0.6) is 5.75 Å². The highest BCUT2D eigenvalue weighted by Gasteiger charge is 2.31. The number of piperidine rings is 1. The van der Waals surface area contributed by atoms with Crippen LogP contribution < -0.4 is 20.9 Å². The van der Waals surface area contributed by atoms with E-state index in [2.05, 4.69) is 35.0 Å². The lowest BCUT2D eigenvalue weighted by Gasteiger charge is -2.33. The fraction of sp³-hybridized carbons (Fsp3) is 0.400. The molecular formula is C20H27N5O4S. The predicted octanol–water partition coefficient (Wildman–Crippen LogP) is 2.91. The molecule has 2 aromatic rings. The first kappa shape index (κ1) is 21.8. The topological polar surface area (TPSA) is 113 Å². The molecule has 0 saturated carbocycles. The zero-order valence-corrected chi connectivity index (χ0v) is 18.1. The highest BCUT2D eigenvalue weighted by Crippen LogP contribution is 2.26. The van der Waals surface area contributed by atoms with E-state index in [1.807, 2.05) is 0 Å². The number of carbonyl (C=O) groups excluding carboxylic acids is 1. The van der Waals surface area contributed by atoms with Gasteiger partial charge < -0.3 is 10.1 Å². The number of rotatable bonds is 6. The number of pyridine rings is 1. The van der Waals surface area contributed by atoms with Gasteiger partial charge in [0.2, 0.25) is 10.0 Å². The van der Waals surface area contributed by atoms with Crippen LogP contribution in [-0.2, 0) is 10.0 Å². The Kier molecular flexibility index (Phi) is 6.78. The molecule has 0 spiro atoms. The zero-order valence-electron chi connectivity index (χ0n) is 17.3. The van der Waals surface area contributed by atoms with Gasteiger partial charge in [-0.1, -0.05) is 13.8 Å². The van der Waals surface area contributed by atoms with Crippen molar-refractivity contribution in [2.75, 3.05) is 30.9 Å². The minimum absolute atomic E-state index is 0.136. The third-order valence-electron chi connectivity index (χ3n) is 4.86. The summed E-state index contributed by atoms with van der Waals surface area (Å²) in [6.45, 7) is 5.15. The standard InChI is InChI=1S/C20H27N5O4S/c1-14-10-15(2)13-25(12-14)30(27,28)18-8-9-19(21-11-18)23-24-20(26)22-16-4-6-17(29-3)7-5-16/h4-9,11,14-15H,10,12-13H2,1-3H3,(H,21,23)(H2,22,24,26). The van der Waals surface area contributed by atoms with Crippen LogP contribution in [0.3, 0.4) is 0 Å². The number of anilines is 2. The summed E-state index contributed by atoms with van der Waals surface area (Å²) in [4.78, 5) is 16.2. The molecule has 0 aliphatic carbocycles. The Balaban J connectivity index is 1.56. The highest BCUT2D eigenvalue weighted by molar-refractivity contribution is 7.89. The number of amides is 2. The number of methoxy groups -OCH3 is 1. The monoisotopic (exact) mass is 433 g/mol. The number of hydrogen-bond donors (Lipinski definition) is 3. The summed E-state index contributed by atoms with van der Waals surface area (Å²) in [7, 11) is -2.02. The van der Waals surface area contributed by atoms with E-state index in [1.165, 1.54) is 22.6 Å². The molecular weight excluding hydrogens is 406 g/mol. The average molecular weight is 434 g/mol. The zero-order chi connectivity index (χ0) is 21.7. The minimum atomic E-state index is -3.59. The van der Waals surface area contributed by atoms with Gasteiger partial charge in [0.1, 0.15) is 16.5 Å². The normalized spacial score (nSPS) is 19.7. The van der Waals surface area contributed by atoms with Crippen LogP contribution in [0.4, 0.5) is 16.3 Å². The van der Waals surface area contributed by atoms with Crippen molar-refractivity contribution in [1.29, 1.82) is 0 Å². The number of sulfonamides is 1. The number of hydrogen-bond acceptors (Lipinski definition) is 6. The molecule has 2 unspecified atom stereocenters. The molecule has 3 rings (SSSR count). The lowest BCUT2D eigenvalue weighted by molar-refractivity contribution is 0.222. The smallest absolute Gasteiger partial charge is 0.337 e. The van der Waals surface area contributed by atoms with Crippen LogP contribution in [0.1, 0.15) is 20.3 Å². The molecule has 2 atom stereocenters. The molecule has 1 aliphatic rings.